The van der Waals surface area contributed by atoms with Gasteiger partial charge < -0.3 is 9.72 Å². The van der Waals surface area contributed by atoms with Crippen molar-refractivity contribution >= 4 is 44.9 Å². The second kappa shape index (κ2) is 9.07. The molecule has 4 aromatic rings. The molecule has 1 N–H and O–H groups in total. The zero-order chi connectivity index (χ0) is 23.6. The van der Waals surface area contributed by atoms with E-state index in [0.717, 1.165) is 44.8 Å². The molecule has 0 aliphatic heterocycles. The molecule has 0 aliphatic carbocycles. The van der Waals surface area contributed by atoms with E-state index in [4.69, 9.17) is 4.74 Å². The molecule has 2 aromatic carbocycles. The van der Waals surface area contributed by atoms with E-state index in [1.54, 1.807) is 11.6 Å². The van der Waals surface area contributed by atoms with E-state index in [9.17, 15) is 22.8 Å². The highest BCUT2D eigenvalue weighted by molar-refractivity contribution is 7.14. The third-order valence-corrected chi connectivity index (χ3v) is 5.74. The Balaban J connectivity index is 1.45. The Kier molecular flexibility index (Phi) is 6.19. The van der Waals surface area contributed by atoms with Gasteiger partial charge in [0.25, 0.3) is 0 Å². The zero-order valence-electron chi connectivity index (χ0n) is 17.3. The molecule has 0 spiro atoms. The average Bonchev–Trinajstić information content (AvgIpc) is 3.39. The Morgan fingerprint density at radius 3 is 2.70 bits per heavy atom. The van der Waals surface area contributed by atoms with Crippen LogP contribution in [-0.2, 0) is 33.5 Å². The first-order valence-electron chi connectivity index (χ1n) is 9.85. The van der Waals surface area contributed by atoms with Crippen molar-refractivity contribution in [2.24, 2.45) is 0 Å². The summed E-state index contributed by atoms with van der Waals surface area (Å²) in [5, 5.41) is 2.71. The van der Waals surface area contributed by atoms with Gasteiger partial charge in [0.15, 0.2) is 5.13 Å². The molecule has 10 heteroatoms. The maximum atomic E-state index is 13.1. The van der Waals surface area contributed by atoms with Crippen molar-refractivity contribution in [2.75, 3.05) is 4.90 Å². The van der Waals surface area contributed by atoms with Crippen molar-refractivity contribution in [3.05, 3.63) is 76.9 Å². The van der Waals surface area contributed by atoms with Crippen LogP contribution in [0.2, 0.25) is 0 Å². The fraction of sp³-hybridized carbons (Fsp3) is 0.174. The molecule has 0 bridgehead atoms. The second-order valence-electron chi connectivity index (χ2n) is 7.22. The summed E-state index contributed by atoms with van der Waals surface area (Å²) in [7, 11) is 0. The summed E-state index contributed by atoms with van der Waals surface area (Å²) < 4.78 is 44.5. The maximum absolute atomic E-state index is 13.1. The van der Waals surface area contributed by atoms with Gasteiger partial charge in [-0.15, -0.1) is 11.3 Å². The van der Waals surface area contributed by atoms with Crippen molar-refractivity contribution in [3.8, 4) is 0 Å². The van der Waals surface area contributed by atoms with Crippen molar-refractivity contribution in [2.45, 2.75) is 26.1 Å². The number of nitrogens with one attached hydrogen (secondary N) is 1. The molecule has 0 unspecified atom stereocenters. The number of halogens is 3. The number of carbonyl (C=O) groups excluding carboxylic acids is 2. The molecule has 33 heavy (non-hydrogen) atoms. The van der Waals surface area contributed by atoms with Crippen LogP contribution in [0.15, 0.2) is 60.1 Å². The predicted molar refractivity (Wildman–Crippen MR) is 118 cm³/mol. The molecule has 6 nitrogen and oxygen atoms in total. The maximum Gasteiger partial charge on any atom is 0.416 e. The molecule has 0 aliphatic rings. The van der Waals surface area contributed by atoms with Crippen LogP contribution >= 0.6 is 11.3 Å². The van der Waals surface area contributed by atoms with Crippen LogP contribution in [0, 0.1) is 0 Å². The zero-order valence-corrected chi connectivity index (χ0v) is 18.2. The molecule has 0 saturated heterocycles. The lowest BCUT2D eigenvalue weighted by atomic mass is 10.1. The number of hydrogen-bond donors (Lipinski definition) is 1. The van der Waals surface area contributed by atoms with E-state index in [1.807, 2.05) is 24.3 Å². The summed E-state index contributed by atoms with van der Waals surface area (Å²) in [5.74, 6) is -0.942. The van der Waals surface area contributed by atoms with Gasteiger partial charge in [-0.3, -0.25) is 14.5 Å². The molecule has 0 radical (unpaired) electrons. The monoisotopic (exact) mass is 473 g/mol. The Bertz CT molecular complexity index is 1310. The lowest BCUT2D eigenvalue weighted by molar-refractivity contribution is -0.144. The van der Waals surface area contributed by atoms with Gasteiger partial charge >= 0.3 is 12.1 Å². The number of rotatable bonds is 6. The van der Waals surface area contributed by atoms with E-state index in [0.29, 0.717) is 5.69 Å². The fourth-order valence-electron chi connectivity index (χ4n) is 3.35. The van der Waals surface area contributed by atoms with Gasteiger partial charge in [0, 0.05) is 29.4 Å². The van der Waals surface area contributed by atoms with Crippen LogP contribution in [0.25, 0.3) is 10.9 Å². The molecule has 0 saturated carbocycles. The first kappa shape index (κ1) is 22.5. The highest BCUT2D eigenvalue weighted by Crippen LogP contribution is 2.35. The van der Waals surface area contributed by atoms with Crippen molar-refractivity contribution < 1.29 is 27.5 Å². The number of benzene rings is 2. The van der Waals surface area contributed by atoms with Gasteiger partial charge in [-0.1, -0.05) is 24.3 Å². The first-order valence-corrected chi connectivity index (χ1v) is 10.7. The first-order chi connectivity index (χ1) is 15.7. The van der Waals surface area contributed by atoms with Gasteiger partial charge in [0.1, 0.15) is 6.61 Å². The third-order valence-electron chi connectivity index (χ3n) is 4.87. The smallest absolute Gasteiger partial charge is 0.416 e. The molecule has 0 fully saturated rings. The highest BCUT2D eigenvalue weighted by Gasteiger charge is 2.31. The molecule has 4 rings (SSSR count). The third kappa shape index (κ3) is 5.06. The van der Waals surface area contributed by atoms with Gasteiger partial charge in [0.2, 0.25) is 5.91 Å². The van der Waals surface area contributed by atoms with Crippen molar-refractivity contribution in [3.63, 3.8) is 0 Å². The number of alkyl halides is 3. The molecule has 2 aromatic heterocycles. The minimum atomic E-state index is -4.54. The van der Waals surface area contributed by atoms with Crippen molar-refractivity contribution in [1.29, 1.82) is 0 Å². The van der Waals surface area contributed by atoms with Crippen LogP contribution in [0.4, 0.5) is 24.0 Å². The van der Waals surface area contributed by atoms with Crippen molar-refractivity contribution in [1.82, 2.24) is 9.97 Å². The lowest BCUT2D eigenvalue weighted by Crippen LogP contribution is -2.23. The Labute approximate surface area is 190 Å². The molecular formula is C23H18F3N3O3S. The number of para-hydroxylation sites is 1. The van der Waals surface area contributed by atoms with Gasteiger partial charge in [-0.25, -0.2) is 4.98 Å². The summed E-state index contributed by atoms with van der Waals surface area (Å²) in [4.78, 5) is 33.0. The normalized spacial score (nSPS) is 11.5. The summed E-state index contributed by atoms with van der Waals surface area (Å²) in [6.07, 6.45) is -2.71. The second-order valence-corrected chi connectivity index (χ2v) is 8.06. The number of H-pyrrole nitrogens is 1. The van der Waals surface area contributed by atoms with Crippen LogP contribution in [-0.4, -0.2) is 21.8 Å². The summed E-state index contributed by atoms with van der Waals surface area (Å²) in [5.41, 5.74) is 1.30. The van der Waals surface area contributed by atoms with Crippen LogP contribution in [0.5, 0.6) is 0 Å². The number of esters is 1. The molecular weight excluding hydrogens is 455 g/mol. The number of hydrogen-bond acceptors (Lipinski definition) is 5. The quantitative estimate of drug-likeness (QED) is 0.369. The topological polar surface area (TPSA) is 75.3 Å². The Morgan fingerprint density at radius 1 is 1.15 bits per heavy atom. The number of nitrogens with zero attached hydrogens (tertiary/aromatic N) is 2. The number of carbonyl (C=O) groups is 2. The lowest BCUT2D eigenvalue weighted by Gasteiger charge is -2.19. The number of fused-ring (bicyclic) bond motifs is 1. The fourth-order valence-corrected chi connectivity index (χ4v) is 4.22. The molecule has 1 amide bonds. The number of anilines is 2. The summed E-state index contributed by atoms with van der Waals surface area (Å²) >= 11 is 1.07. The molecule has 0 atom stereocenters. The number of amides is 1. The van der Waals surface area contributed by atoms with Gasteiger partial charge in [0.05, 0.1) is 23.4 Å². The SMILES string of the molecule is CC(=O)N(c1cccc(C(F)(F)F)c1)c1nc(COC(=O)Cc2c[nH]c3ccccc23)cs1. The molecule has 2 heterocycles. The van der Waals surface area contributed by atoms with Crippen LogP contribution < -0.4 is 4.90 Å². The average molecular weight is 473 g/mol. The highest BCUT2D eigenvalue weighted by atomic mass is 32.1. The van der Waals surface area contributed by atoms with E-state index in [2.05, 4.69) is 9.97 Å². The minimum absolute atomic E-state index is 0.0505. The number of thiazole rings is 1. The van der Waals surface area contributed by atoms with E-state index in [1.165, 1.54) is 19.1 Å². The van der Waals surface area contributed by atoms with E-state index < -0.39 is 23.6 Å². The number of aromatic amines is 1. The summed E-state index contributed by atoms with van der Waals surface area (Å²) in [6, 6.07) is 12.1. The van der Waals surface area contributed by atoms with Crippen LogP contribution in [0.1, 0.15) is 23.7 Å². The van der Waals surface area contributed by atoms with E-state index >= 15 is 0 Å². The van der Waals surface area contributed by atoms with Gasteiger partial charge in [-0.05, 0) is 29.8 Å². The standard InChI is InChI=1S/C23H18F3N3O3S/c1-14(30)29(18-6-4-5-16(10-18)23(24,25)26)22-28-17(13-33-22)12-32-21(31)9-15-11-27-20-8-3-2-7-19(15)20/h2-8,10-11,13,27H,9,12H2,1H3. The summed E-state index contributed by atoms with van der Waals surface area (Å²) in [6.45, 7) is 1.12. The van der Waals surface area contributed by atoms with Gasteiger partial charge in [-0.2, -0.15) is 13.2 Å². The Hall–Kier alpha value is -3.66. The largest absolute Gasteiger partial charge is 0.459 e. The van der Waals surface area contributed by atoms with Crippen LogP contribution in [0.3, 0.4) is 0 Å². The number of ether oxygens (including phenoxy) is 1. The van der Waals surface area contributed by atoms with E-state index in [-0.39, 0.29) is 23.8 Å². The minimum Gasteiger partial charge on any atom is -0.459 e. The molecule has 170 valence electrons. The number of aromatic nitrogens is 2. The predicted octanol–water partition coefficient (Wildman–Crippen LogP) is 5.61. The Morgan fingerprint density at radius 2 is 1.94 bits per heavy atom.